The van der Waals surface area contributed by atoms with Crippen molar-refractivity contribution in [2.45, 2.75) is 13.0 Å². The number of nitrogens with zero attached hydrogens (tertiary/aromatic N) is 1. The number of rotatable bonds is 4. The maximum Gasteiger partial charge on any atom is 0.326 e. The summed E-state index contributed by atoms with van der Waals surface area (Å²) in [6, 6.07) is 12.4. The molecule has 0 radical (unpaired) electrons. The van der Waals surface area contributed by atoms with Gasteiger partial charge in [-0.2, -0.15) is 8.42 Å². The number of nitrogens with one attached hydrogen (secondary N) is 1. The number of benzene rings is 2. The zero-order valence-electron chi connectivity index (χ0n) is 12.8. The summed E-state index contributed by atoms with van der Waals surface area (Å²) in [7, 11) is -3.94. The van der Waals surface area contributed by atoms with Crippen molar-refractivity contribution in [2.75, 3.05) is 10.8 Å². The third kappa shape index (κ3) is 3.06. The summed E-state index contributed by atoms with van der Waals surface area (Å²) in [6.45, 7) is 0.0747. The molecule has 1 saturated heterocycles. The van der Waals surface area contributed by atoms with Crippen LogP contribution < -0.4 is 14.8 Å². The van der Waals surface area contributed by atoms with Crippen LogP contribution in [0.3, 0.4) is 0 Å². The van der Waals surface area contributed by atoms with Crippen LogP contribution in [-0.2, 0) is 28.0 Å². The van der Waals surface area contributed by atoms with Crippen molar-refractivity contribution < 1.29 is 18.3 Å². The molecule has 0 saturated carbocycles. The molecule has 3 rings (SSSR count). The van der Waals surface area contributed by atoms with Crippen molar-refractivity contribution in [2.24, 2.45) is 5.73 Å². The molecule has 1 amide bonds. The van der Waals surface area contributed by atoms with E-state index >= 15 is 0 Å². The van der Waals surface area contributed by atoms with Gasteiger partial charge in [-0.1, -0.05) is 30.3 Å². The smallest absolute Gasteiger partial charge is 0.326 e. The fourth-order valence-electron chi connectivity index (χ4n) is 2.70. The van der Waals surface area contributed by atoms with E-state index in [-0.39, 0.29) is 18.0 Å². The quantitative estimate of drug-likeness (QED) is 0.750. The predicted octanol–water partition coefficient (Wildman–Crippen LogP) is 0.623. The molecule has 8 heteroatoms. The minimum atomic E-state index is -3.94. The van der Waals surface area contributed by atoms with Crippen LogP contribution in [0.4, 0.5) is 5.69 Å². The lowest BCUT2D eigenvalue weighted by Crippen LogP contribution is -2.29. The number of hydrogen-bond donors (Lipinski definition) is 3. The van der Waals surface area contributed by atoms with Gasteiger partial charge >= 0.3 is 10.2 Å². The topological polar surface area (TPSA) is 113 Å². The minimum absolute atomic E-state index is 0.0733. The van der Waals surface area contributed by atoms with Gasteiger partial charge in [-0.25, -0.2) is 9.03 Å². The Balaban J connectivity index is 1.89. The Kier molecular flexibility index (Phi) is 4.16. The van der Waals surface area contributed by atoms with Crippen LogP contribution in [-0.4, -0.2) is 26.0 Å². The number of phenolic OH excluding ortho intramolecular Hbond substituents is 1. The first-order valence-corrected chi connectivity index (χ1v) is 8.77. The van der Waals surface area contributed by atoms with Crippen molar-refractivity contribution in [3.63, 3.8) is 0 Å². The third-order valence-corrected chi connectivity index (χ3v) is 5.25. The number of amides is 1. The first kappa shape index (κ1) is 16.3. The standard InChI is InChI=1S/C16H17N3O4S/c17-9-13-4-2-1-3-12(13)7-11-5-6-14(15(20)8-11)19-10-16(21)18-24(19,22)23/h1-6,8,20H,7,9-10,17H2,(H,18,21). The van der Waals surface area contributed by atoms with Gasteiger partial charge in [0.05, 0.1) is 5.69 Å². The molecule has 2 aromatic rings. The number of anilines is 1. The van der Waals surface area contributed by atoms with E-state index < -0.39 is 16.1 Å². The monoisotopic (exact) mass is 347 g/mol. The number of hydrogen-bond acceptors (Lipinski definition) is 5. The molecule has 126 valence electrons. The maximum absolute atomic E-state index is 11.9. The van der Waals surface area contributed by atoms with Gasteiger partial charge in [0.2, 0.25) is 0 Å². The summed E-state index contributed by atoms with van der Waals surface area (Å²) in [4.78, 5) is 11.3. The van der Waals surface area contributed by atoms with Gasteiger partial charge in [-0.3, -0.25) is 4.79 Å². The second kappa shape index (κ2) is 6.14. The maximum atomic E-state index is 11.9. The van der Waals surface area contributed by atoms with Gasteiger partial charge in [-0.05, 0) is 35.2 Å². The highest BCUT2D eigenvalue weighted by atomic mass is 32.2. The summed E-state index contributed by atoms with van der Waals surface area (Å²) in [5.74, 6) is -0.826. The minimum Gasteiger partial charge on any atom is -0.506 e. The number of nitrogens with two attached hydrogens (primary N) is 1. The van der Waals surface area contributed by atoms with Crippen molar-refractivity contribution in [3.8, 4) is 5.75 Å². The van der Waals surface area contributed by atoms with E-state index in [0.717, 1.165) is 21.0 Å². The van der Waals surface area contributed by atoms with Crippen LogP contribution in [0, 0.1) is 0 Å². The summed E-state index contributed by atoms with van der Waals surface area (Å²) in [5, 5.41) is 10.2. The van der Waals surface area contributed by atoms with Crippen LogP contribution >= 0.6 is 0 Å². The normalized spacial score (nSPS) is 16.2. The Labute approximate surface area is 139 Å². The molecule has 1 heterocycles. The van der Waals surface area contributed by atoms with Gasteiger partial charge in [0.1, 0.15) is 12.3 Å². The second-order valence-corrected chi connectivity index (χ2v) is 7.10. The number of aromatic hydroxyl groups is 1. The molecule has 0 atom stereocenters. The van der Waals surface area contributed by atoms with Crippen LogP contribution in [0.15, 0.2) is 42.5 Å². The van der Waals surface area contributed by atoms with Gasteiger partial charge < -0.3 is 10.8 Å². The average molecular weight is 347 g/mol. The largest absolute Gasteiger partial charge is 0.506 e. The lowest BCUT2D eigenvalue weighted by atomic mass is 9.99. The van der Waals surface area contributed by atoms with Gasteiger partial charge in [0.15, 0.2) is 0 Å². The Morgan fingerprint density at radius 1 is 1.17 bits per heavy atom. The van der Waals surface area contributed by atoms with Crippen molar-refractivity contribution in [1.29, 1.82) is 0 Å². The zero-order valence-corrected chi connectivity index (χ0v) is 13.6. The van der Waals surface area contributed by atoms with E-state index in [1.54, 1.807) is 6.07 Å². The molecule has 0 unspecified atom stereocenters. The van der Waals surface area contributed by atoms with Crippen LogP contribution in [0.5, 0.6) is 5.75 Å². The highest BCUT2D eigenvalue weighted by Crippen LogP contribution is 2.32. The number of phenols is 1. The zero-order chi connectivity index (χ0) is 17.3. The summed E-state index contributed by atoms with van der Waals surface area (Å²) >= 11 is 0. The highest BCUT2D eigenvalue weighted by Gasteiger charge is 2.35. The van der Waals surface area contributed by atoms with Crippen molar-refractivity contribution >= 4 is 21.8 Å². The Morgan fingerprint density at radius 2 is 1.88 bits per heavy atom. The molecule has 4 N–H and O–H groups in total. The number of carbonyl (C=O) groups excluding carboxylic acids is 1. The molecule has 0 bridgehead atoms. The molecule has 1 aliphatic rings. The van der Waals surface area contributed by atoms with E-state index in [9.17, 15) is 18.3 Å². The fourth-order valence-corrected chi connectivity index (χ4v) is 3.86. The van der Waals surface area contributed by atoms with E-state index in [4.69, 9.17) is 5.73 Å². The molecule has 7 nitrogen and oxygen atoms in total. The molecule has 0 aromatic heterocycles. The number of carbonyl (C=O) groups is 1. The van der Waals surface area contributed by atoms with Crippen LogP contribution in [0.2, 0.25) is 0 Å². The van der Waals surface area contributed by atoms with Crippen LogP contribution in [0.1, 0.15) is 16.7 Å². The molecule has 24 heavy (non-hydrogen) atoms. The molecule has 1 aliphatic heterocycles. The molecular formula is C16H17N3O4S. The summed E-state index contributed by atoms with van der Waals surface area (Å²) in [6.07, 6.45) is 0.561. The van der Waals surface area contributed by atoms with Crippen LogP contribution in [0.25, 0.3) is 0 Å². The highest BCUT2D eigenvalue weighted by molar-refractivity contribution is 7.92. The van der Waals surface area contributed by atoms with E-state index in [2.05, 4.69) is 0 Å². The first-order chi connectivity index (χ1) is 11.4. The second-order valence-electron chi connectivity index (χ2n) is 5.51. The Bertz CT molecular complexity index is 896. The van der Waals surface area contributed by atoms with E-state index in [1.807, 2.05) is 29.0 Å². The van der Waals surface area contributed by atoms with Gasteiger partial charge in [-0.15, -0.1) is 0 Å². The lowest BCUT2D eigenvalue weighted by molar-refractivity contribution is -0.117. The van der Waals surface area contributed by atoms with Gasteiger partial charge in [0, 0.05) is 6.54 Å². The SMILES string of the molecule is NCc1ccccc1Cc1ccc(N2CC(=O)NS2(=O)=O)c(O)c1. The third-order valence-electron chi connectivity index (χ3n) is 3.86. The molecule has 0 spiro atoms. The summed E-state index contributed by atoms with van der Waals surface area (Å²) in [5.41, 5.74) is 8.66. The Morgan fingerprint density at radius 3 is 2.46 bits per heavy atom. The molecule has 2 aromatic carbocycles. The fraction of sp³-hybridized carbons (Fsp3) is 0.188. The molecule has 1 fully saturated rings. The van der Waals surface area contributed by atoms with Crippen molar-refractivity contribution in [3.05, 3.63) is 59.2 Å². The van der Waals surface area contributed by atoms with Gasteiger partial charge in [0.25, 0.3) is 5.91 Å². The lowest BCUT2D eigenvalue weighted by Gasteiger charge is -2.17. The van der Waals surface area contributed by atoms with E-state index in [0.29, 0.717) is 13.0 Å². The first-order valence-electron chi connectivity index (χ1n) is 7.33. The Hall–Kier alpha value is -2.58. The average Bonchev–Trinajstić information content (AvgIpc) is 2.80. The summed E-state index contributed by atoms with van der Waals surface area (Å²) < 4.78 is 26.4. The van der Waals surface area contributed by atoms with Crippen molar-refractivity contribution in [1.82, 2.24) is 4.72 Å². The van der Waals surface area contributed by atoms with E-state index in [1.165, 1.54) is 12.1 Å². The molecular weight excluding hydrogens is 330 g/mol. The predicted molar refractivity (Wildman–Crippen MR) is 89.7 cm³/mol. The molecule has 0 aliphatic carbocycles.